The second-order valence-corrected chi connectivity index (χ2v) is 5.38. The smallest absolute Gasteiger partial charge is 0.252 e. The zero-order valence-electron chi connectivity index (χ0n) is 10.8. The van der Waals surface area contributed by atoms with Crippen LogP contribution in [0.3, 0.4) is 0 Å². The van der Waals surface area contributed by atoms with E-state index in [0.717, 1.165) is 24.3 Å². The van der Waals surface area contributed by atoms with Crippen molar-refractivity contribution in [3.05, 3.63) is 21.9 Å². The minimum atomic E-state index is -0.171. The molecule has 0 spiro atoms. The lowest BCUT2D eigenvalue weighted by Crippen LogP contribution is -2.40. The quantitative estimate of drug-likeness (QED) is 0.822. The Balaban J connectivity index is 1.93. The highest BCUT2D eigenvalue weighted by molar-refractivity contribution is 7.10. The van der Waals surface area contributed by atoms with Crippen LogP contribution in [0.25, 0.3) is 0 Å². The standard InChI is InChI=1S/C14H17NO3S/c1-10(13-5-3-7-18-13)15-14(17)11-8-12(19-9-11)4-2-6-16/h8-10,13,16H,3,5-7H2,1H3,(H,15,17). The Morgan fingerprint density at radius 1 is 1.74 bits per heavy atom. The SMILES string of the molecule is CC(NC(=O)c1csc(C#CCO)c1)C1CCCO1. The van der Waals surface area contributed by atoms with E-state index in [0.29, 0.717) is 5.56 Å². The molecule has 1 aliphatic heterocycles. The molecule has 4 nitrogen and oxygen atoms in total. The summed E-state index contributed by atoms with van der Waals surface area (Å²) in [5, 5.41) is 13.4. The Morgan fingerprint density at radius 2 is 2.58 bits per heavy atom. The van der Waals surface area contributed by atoms with Gasteiger partial charge in [-0.15, -0.1) is 11.3 Å². The van der Waals surface area contributed by atoms with Gasteiger partial charge in [-0.05, 0) is 25.8 Å². The number of hydrogen-bond donors (Lipinski definition) is 2. The first-order valence-electron chi connectivity index (χ1n) is 6.31. The highest BCUT2D eigenvalue weighted by Crippen LogP contribution is 2.17. The van der Waals surface area contributed by atoms with E-state index in [4.69, 9.17) is 9.84 Å². The highest BCUT2D eigenvalue weighted by Gasteiger charge is 2.24. The molecule has 0 aliphatic carbocycles. The summed E-state index contributed by atoms with van der Waals surface area (Å²) in [6, 6.07) is 1.76. The van der Waals surface area contributed by atoms with Crippen molar-refractivity contribution in [2.45, 2.75) is 31.9 Å². The van der Waals surface area contributed by atoms with Crippen molar-refractivity contribution >= 4 is 17.2 Å². The summed E-state index contributed by atoms with van der Waals surface area (Å²) in [6.45, 7) is 2.58. The zero-order chi connectivity index (χ0) is 13.7. The summed E-state index contributed by atoms with van der Waals surface area (Å²) in [5.41, 5.74) is 0.608. The fourth-order valence-electron chi connectivity index (χ4n) is 2.03. The lowest BCUT2D eigenvalue weighted by Gasteiger charge is -2.19. The first-order chi connectivity index (χ1) is 9.20. The molecule has 1 saturated heterocycles. The summed E-state index contributed by atoms with van der Waals surface area (Å²) in [6.07, 6.45) is 2.18. The van der Waals surface area contributed by atoms with Gasteiger partial charge in [0.2, 0.25) is 0 Å². The first-order valence-corrected chi connectivity index (χ1v) is 7.19. The van der Waals surface area contributed by atoms with Crippen molar-refractivity contribution in [3.63, 3.8) is 0 Å². The van der Waals surface area contributed by atoms with Gasteiger partial charge in [-0.2, -0.15) is 0 Å². The van der Waals surface area contributed by atoms with E-state index in [-0.39, 0.29) is 24.7 Å². The van der Waals surface area contributed by atoms with Crippen molar-refractivity contribution in [2.24, 2.45) is 0 Å². The lowest BCUT2D eigenvalue weighted by atomic mass is 10.1. The van der Waals surface area contributed by atoms with E-state index in [1.807, 2.05) is 6.92 Å². The molecular weight excluding hydrogens is 262 g/mol. The van der Waals surface area contributed by atoms with E-state index in [9.17, 15) is 4.79 Å². The molecule has 0 saturated carbocycles. The molecule has 1 amide bonds. The van der Waals surface area contributed by atoms with Crippen molar-refractivity contribution < 1.29 is 14.6 Å². The number of ether oxygens (including phenoxy) is 1. The van der Waals surface area contributed by atoms with Crippen LogP contribution in [0.1, 0.15) is 35.0 Å². The van der Waals surface area contributed by atoms with Gasteiger partial charge >= 0.3 is 0 Å². The fraction of sp³-hybridized carbons (Fsp3) is 0.500. The van der Waals surface area contributed by atoms with E-state index >= 15 is 0 Å². The maximum Gasteiger partial charge on any atom is 0.252 e. The fourth-order valence-corrected chi connectivity index (χ4v) is 2.78. The predicted molar refractivity (Wildman–Crippen MR) is 74.2 cm³/mol. The van der Waals surface area contributed by atoms with Crippen LogP contribution >= 0.6 is 11.3 Å². The summed E-state index contributed by atoms with van der Waals surface area (Å²) in [4.78, 5) is 12.8. The zero-order valence-corrected chi connectivity index (χ0v) is 11.6. The van der Waals surface area contributed by atoms with Gasteiger partial charge in [-0.3, -0.25) is 4.79 Å². The van der Waals surface area contributed by atoms with Crippen LogP contribution in [0.15, 0.2) is 11.4 Å². The molecule has 2 unspecified atom stereocenters. The largest absolute Gasteiger partial charge is 0.384 e. The van der Waals surface area contributed by atoms with Crippen molar-refractivity contribution in [1.82, 2.24) is 5.32 Å². The van der Waals surface area contributed by atoms with Gasteiger partial charge < -0.3 is 15.2 Å². The molecular formula is C14H17NO3S. The normalized spacial score (nSPS) is 19.6. The Bertz CT molecular complexity index is 494. The lowest BCUT2D eigenvalue weighted by molar-refractivity contribution is 0.0712. The van der Waals surface area contributed by atoms with Crippen LogP contribution in [0.5, 0.6) is 0 Å². The predicted octanol–water partition coefficient (Wildman–Crippen LogP) is 1.39. The van der Waals surface area contributed by atoms with Crippen LogP contribution in [-0.2, 0) is 4.74 Å². The second-order valence-electron chi connectivity index (χ2n) is 4.47. The first kappa shape index (κ1) is 14.1. The molecule has 102 valence electrons. The summed E-state index contributed by atoms with van der Waals surface area (Å²) in [5.74, 6) is 5.26. The van der Waals surface area contributed by atoms with Gasteiger partial charge in [0.1, 0.15) is 6.61 Å². The van der Waals surface area contributed by atoms with Crippen LogP contribution in [0.2, 0.25) is 0 Å². The number of thiophene rings is 1. The highest BCUT2D eigenvalue weighted by atomic mass is 32.1. The Labute approximate surface area is 116 Å². The maximum atomic E-state index is 12.0. The molecule has 0 aromatic carbocycles. The monoisotopic (exact) mass is 279 g/mol. The summed E-state index contributed by atoms with van der Waals surface area (Å²) >= 11 is 1.40. The van der Waals surface area contributed by atoms with Crippen LogP contribution in [-0.4, -0.2) is 36.4 Å². The summed E-state index contributed by atoms with van der Waals surface area (Å²) in [7, 11) is 0. The number of amides is 1. The van der Waals surface area contributed by atoms with Crippen LogP contribution in [0.4, 0.5) is 0 Å². The molecule has 1 aliphatic rings. The molecule has 19 heavy (non-hydrogen) atoms. The maximum absolute atomic E-state index is 12.0. The van der Waals surface area contributed by atoms with Crippen molar-refractivity contribution in [1.29, 1.82) is 0 Å². The van der Waals surface area contributed by atoms with Crippen molar-refractivity contribution in [2.75, 3.05) is 13.2 Å². The average Bonchev–Trinajstić information content (AvgIpc) is 3.07. The van der Waals surface area contributed by atoms with Gasteiger partial charge in [0.15, 0.2) is 0 Å². The van der Waals surface area contributed by atoms with Gasteiger partial charge in [-0.1, -0.05) is 11.8 Å². The number of nitrogens with one attached hydrogen (secondary N) is 1. The third kappa shape index (κ3) is 3.80. The van der Waals surface area contributed by atoms with Gasteiger partial charge in [0.05, 0.1) is 22.6 Å². The van der Waals surface area contributed by atoms with E-state index < -0.39 is 0 Å². The Hall–Kier alpha value is -1.35. The molecule has 2 N–H and O–H groups in total. The van der Waals surface area contributed by atoms with E-state index in [1.165, 1.54) is 11.3 Å². The Kier molecular flexibility index (Phi) is 4.97. The Morgan fingerprint density at radius 3 is 3.26 bits per heavy atom. The molecule has 2 atom stereocenters. The average molecular weight is 279 g/mol. The minimum Gasteiger partial charge on any atom is -0.384 e. The molecule has 1 fully saturated rings. The number of aliphatic hydroxyl groups excluding tert-OH is 1. The number of carbonyl (C=O) groups is 1. The molecule has 0 radical (unpaired) electrons. The van der Waals surface area contributed by atoms with Crippen molar-refractivity contribution in [3.8, 4) is 11.8 Å². The number of rotatable bonds is 3. The topological polar surface area (TPSA) is 58.6 Å². The molecule has 1 aromatic heterocycles. The summed E-state index contributed by atoms with van der Waals surface area (Å²) < 4.78 is 5.55. The van der Waals surface area contributed by atoms with E-state index in [2.05, 4.69) is 17.2 Å². The van der Waals surface area contributed by atoms with Gasteiger partial charge in [0.25, 0.3) is 5.91 Å². The number of carbonyl (C=O) groups excluding carboxylic acids is 1. The molecule has 5 heteroatoms. The number of hydrogen-bond acceptors (Lipinski definition) is 4. The van der Waals surface area contributed by atoms with E-state index in [1.54, 1.807) is 11.4 Å². The van der Waals surface area contributed by atoms with Crippen LogP contribution in [0, 0.1) is 11.8 Å². The third-order valence-corrected chi connectivity index (χ3v) is 3.88. The molecule has 2 heterocycles. The molecule has 1 aromatic rings. The van der Waals surface area contributed by atoms with Gasteiger partial charge in [0, 0.05) is 12.0 Å². The number of aliphatic hydroxyl groups is 1. The minimum absolute atomic E-state index is 0.0156. The van der Waals surface area contributed by atoms with Crippen LogP contribution < -0.4 is 5.32 Å². The molecule has 0 bridgehead atoms. The van der Waals surface area contributed by atoms with Gasteiger partial charge in [-0.25, -0.2) is 0 Å². The second kappa shape index (κ2) is 6.71. The molecule has 2 rings (SSSR count). The third-order valence-electron chi connectivity index (χ3n) is 3.03.